The average molecular weight is 250 g/mol. The Morgan fingerprint density at radius 1 is 1.33 bits per heavy atom. The molecule has 1 saturated heterocycles. The zero-order valence-corrected chi connectivity index (χ0v) is 12.2. The molecule has 0 spiro atoms. The smallest absolute Gasteiger partial charge is 0.131 e. The van der Waals surface area contributed by atoms with Crippen LogP contribution >= 0.6 is 0 Å². The number of nitrogens with one attached hydrogen (secondary N) is 1. The van der Waals surface area contributed by atoms with E-state index < -0.39 is 0 Å². The Balaban J connectivity index is 2.35. The van der Waals surface area contributed by atoms with Crippen LogP contribution in [0.3, 0.4) is 0 Å². The Labute approximate surface area is 110 Å². The fraction of sp³-hybridized carbons (Fsp3) is 0.786. The highest BCUT2D eigenvalue weighted by Crippen LogP contribution is 2.28. The maximum Gasteiger partial charge on any atom is 0.131 e. The largest absolute Gasteiger partial charge is 0.354 e. The molecule has 0 aliphatic carbocycles. The first kappa shape index (κ1) is 13.4. The van der Waals surface area contributed by atoms with E-state index in [4.69, 9.17) is 0 Å². The Bertz CT molecular complexity index is 397. The van der Waals surface area contributed by atoms with E-state index in [0.29, 0.717) is 6.04 Å². The lowest BCUT2D eigenvalue weighted by molar-refractivity contribution is 0.591. The van der Waals surface area contributed by atoms with Gasteiger partial charge in [0.05, 0.1) is 5.69 Å². The third kappa shape index (κ3) is 2.53. The molecule has 1 aliphatic rings. The summed E-state index contributed by atoms with van der Waals surface area (Å²) < 4.78 is 2.06. The van der Waals surface area contributed by atoms with Gasteiger partial charge in [-0.05, 0) is 33.7 Å². The molecule has 1 aromatic rings. The van der Waals surface area contributed by atoms with Crippen LogP contribution in [0, 0.1) is 6.92 Å². The van der Waals surface area contributed by atoms with Crippen molar-refractivity contribution in [2.24, 2.45) is 7.05 Å². The molecule has 4 heteroatoms. The lowest BCUT2D eigenvalue weighted by Gasteiger charge is -2.30. The highest BCUT2D eigenvalue weighted by atomic mass is 15.4. The van der Waals surface area contributed by atoms with Gasteiger partial charge in [-0.1, -0.05) is 12.8 Å². The van der Waals surface area contributed by atoms with Crippen molar-refractivity contribution in [3.63, 3.8) is 0 Å². The summed E-state index contributed by atoms with van der Waals surface area (Å²) in [6, 6.07) is 0.623. The van der Waals surface area contributed by atoms with Gasteiger partial charge in [-0.2, -0.15) is 5.10 Å². The number of aryl methyl sites for hydroxylation is 2. The molecule has 0 bridgehead atoms. The van der Waals surface area contributed by atoms with E-state index in [0.717, 1.165) is 18.8 Å². The molecule has 1 unspecified atom stereocenters. The first-order valence-electron chi connectivity index (χ1n) is 7.09. The Hall–Kier alpha value is -1.03. The monoisotopic (exact) mass is 250 g/mol. The SMILES string of the molecule is CNCc1c(C)nn(C)c1N1CCCCCC1C. The summed E-state index contributed by atoms with van der Waals surface area (Å²) in [7, 11) is 4.07. The van der Waals surface area contributed by atoms with Crippen LogP contribution < -0.4 is 10.2 Å². The summed E-state index contributed by atoms with van der Waals surface area (Å²) in [5.74, 6) is 1.32. The highest BCUT2D eigenvalue weighted by Gasteiger charge is 2.24. The van der Waals surface area contributed by atoms with Gasteiger partial charge in [0.15, 0.2) is 0 Å². The van der Waals surface area contributed by atoms with Gasteiger partial charge in [0.25, 0.3) is 0 Å². The topological polar surface area (TPSA) is 33.1 Å². The number of rotatable bonds is 3. The molecule has 2 heterocycles. The van der Waals surface area contributed by atoms with E-state index in [9.17, 15) is 0 Å². The van der Waals surface area contributed by atoms with Crippen LogP contribution in [-0.2, 0) is 13.6 Å². The quantitative estimate of drug-likeness (QED) is 0.893. The van der Waals surface area contributed by atoms with Gasteiger partial charge in [-0.25, -0.2) is 0 Å². The second-order valence-corrected chi connectivity index (χ2v) is 5.43. The molecule has 102 valence electrons. The van der Waals surface area contributed by atoms with E-state index in [-0.39, 0.29) is 0 Å². The minimum atomic E-state index is 0.623. The summed E-state index contributed by atoms with van der Waals surface area (Å²) in [5.41, 5.74) is 2.51. The number of hydrogen-bond acceptors (Lipinski definition) is 3. The standard InChI is InChI=1S/C14H26N4/c1-11-8-6-5-7-9-18(11)14-13(10-15-3)12(2)16-17(14)4/h11,15H,5-10H2,1-4H3. The second kappa shape index (κ2) is 5.74. The fourth-order valence-electron chi connectivity index (χ4n) is 3.02. The average Bonchev–Trinajstić information content (AvgIpc) is 2.51. The van der Waals surface area contributed by atoms with Gasteiger partial charge in [0.1, 0.15) is 5.82 Å². The maximum absolute atomic E-state index is 4.60. The van der Waals surface area contributed by atoms with Gasteiger partial charge in [0.2, 0.25) is 0 Å². The van der Waals surface area contributed by atoms with Crippen LogP contribution in [0.2, 0.25) is 0 Å². The van der Waals surface area contributed by atoms with E-state index in [1.165, 1.54) is 37.1 Å². The van der Waals surface area contributed by atoms with Gasteiger partial charge in [-0.3, -0.25) is 4.68 Å². The molecule has 1 atom stereocenters. The Morgan fingerprint density at radius 3 is 2.83 bits per heavy atom. The maximum atomic E-state index is 4.60. The van der Waals surface area contributed by atoms with Crippen molar-refractivity contribution in [3.05, 3.63) is 11.3 Å². The summed E-state index contributed by atoms with van der Waals surface area (Å²) in [6.07, 6.45) is 5.31. The molecule has 0 amide bonds. The molecule has 0 saturated carbocycles. The molecular formula is C14H26N4. The normalized spacial score (nSPS) is 21.1. The lowest BCUT2D eigenvalue weighted by atomic mass is 10.1. The van der Waals surface area contributed by atoms with Crippen LogP contribution in [0.15, 0.2) is 0 Å². The predicted molar refractivity (Wildman–Crippen MR) is 76.0 cm³/mol. The van der Waals surface area contributed by atoms with Crippen LogP contribution in [0.4, 0.5) is 5.82 Å². The van der Waals surface area contributed by atoms with Crippen molar-refractivity contribution in [1.82, 2.24) is 15.1 Å². The van der Waals surface area contributed by atoms with Gasteiger partial charge >= 0.3 is 0 Å². The van der Waals surface area contributed by atoms with Crippen LogP contribution in [0.1, 0.15) is 43.9 Å². The summed E-state index contributed by atoms with van der Waals surface area (Å²) in [5, 5.41) is 7.87. The van der Waals surface area contributed by atoms with Gasteiger partial charge in [0, 0.05) is 31.7 Å². The van der Waals surface area contributed by atoms with E-state index >= 15 is 0 Å². The van der Waals surface area contributed by atoms with Crippen LogP contribution in [0.5, 0.6) is 0 Å². The van der Waals surface area contributed by atoms with E-state index in [1.807, 2.05) is 7.05 Å². The second-order valence-electron chi connectivity index (χ2n) is 5.43. The van der Waals surface area contributed by atoms with Crippen molar-refractivity contribution in [2.75, 3.05) is 18.5 Å². The highest BCUT2D eigenvalue weighted by molar-refractivity contribution is 5.51. The molecule has 4 nitrogen and oxygen atoms in total. The van der Waals surface area contributed by atoms with E-state index in [1.54, 1.807) is 0 Å². The number of anilines is 1. The molecule has 0 aromatic carbocycles. The van der Waals surface area contributed by atoms with Crippen molar-refractivity contribution in [3.8, 4) is 0 Å². The molecule has 18 heavy (non-hydrogen) atoms. The number of hydrogen-bond donors (Lipinski definition) is 1. The first-order valence-corrected chi connectivity index (χ1v) is 7.09. The van der Waals surface area contributed by atoms with Crippen molar-refractivity contribution >= 4 is 5.82 Å². The zero-order chi connectivity index (χ0) is 13.1. The number of nitrogens with zero attached hydrogens (tertiary/aromatic N) is 3. The number of aromatic nitrogens is 2. The Kier molecular flexibility index (Phi) is 4.27. The molecule has 1 N–H and O–H groups in total. The zero-order valence-electron chi connectivity index (χ0n) is 12.2. The van der Waals surface area contributed by atoms with Crippen LogP contribution in [0.25, 0.3) is 0 Å². The van der Waals surface area contributed by atoms with Crippen molar-refractivity contribution in [2.45, 2.75) is 52.1 Å². The van der Waals surface area contributed by atoms with Gasteiger partial charge < -0.3 is 10.2 Å². The van der Waals surface area contributed by atoms with Crippen molar-refractivity contribution < 1.29 is 0 Å². The minimum absolute atomic E-state index is 0.623. The molecule has 1 fully saturated rings. The molecular weight excluding hydrogens is 224 g/mol. The van der Waals surface area contributed by atoms with Crippen LogP contribution in [-0.4, -0.2) is 29.4 Å². The third-order valence-electron chi connectivity index (χ3n) is 3.99. The summed E-state index contributed by atoms with van der Waals surface area (Å²) >= 11 is 0. The van der Waals surface area contributed by atoms with Gasteiger partial charge in [-0.15, -0.1) is 0 Å². The Morgan fingerprint density at radius 2 is 2.11 bits per heavy atom. The first-order chi connectivity index (χ1) is 8.65. The predicted octanol–water partition coefficient (Wildman–Crippen LogP) is 2.22. The molecule has 1 aromatic heterocycles. The molecule has 1 aliphatic heterocycles. The van der Waals surface area contributed by atoms with E-state index in [2.05, 4.69) is 40.9 Å². The molecule has 2 rings (SSSR count). The minimum Gasteiger partial charge on any atom is -0.354 e. The summed E-state index contributed by atoms with van der Waals surface area (Å²) in [4.78, 5) is 2.56. The molecule has 0 radical (unpaired) electrons. The lowest BCUT2D eigenvalue weighted by Crippen LogP contribution is -2.35. The third-order valence-corrected chi connectivity index (χ3v) is 3.99. The van der Waals surface area contributed by atoms with Crippen molar-refractivity contribution in [1.29, 1.82) is 0 Å². The fourth-order valence-corrected chi connectivity index (χ4v) is 3.02. The summed E-state index contributed by atoms with van der Waals surface area (Å²) in [6.45, 7) is 6.52.